The summed E-state index contributed by atoms with van der Waals surface area (Å²) in [4.78, 5) is -0.305. The number of nitrogens with one attached hydrogen (secondary N) is 1. The molecule has 0 saturated heterocycles. The van der Waals surface area contributed by atoms with Crippen molar-refractivity contribution in [1.82, 2.24) is 0 Å². The van der Waals surface area contributed by atoms with Crippen LogP contribution in [0.4, 0.5) is 18.9 Å². The van der Waals surface area contributed by atoms with Crippen LogP contribution in [-0.2, 0) is 10.0 Å². The minimum atomic E-state index is -4.80. The first-order chi connectivity index (χ1) is 7.74. The van der Waals surface area contributed by atoms with Crippen molar-refractivity contribution in [2.75, 3.05) is 4.72 Å². The Morgan fingerprint density at radius 2 is 2.00 bits per heavy atom. The Hall–Kier alpha value is -1.35. The summed E-state index contributed by atoms with van der Waals surface area (Å²) < 4.78 is 60.5. The molecule has 0 atom stereocenters. The van der Waals surface area contributed by atoms with Crippen molar-refractivity contribution in [3.63, 3.8) is 0 Å². The Labute approximate surface area is 101 Å². The topological polar surface area (TPSA) is 72.2 Å². The fourth-order valence-electron chi connectivity index (χ4n) is 0.986. The first kappa shape index (κ1) is 13.7. The molecule has 1 rings (SSSR count). The monoisotopic (exact) mass is 284 g/mol. The van der Waals surface area contributed by atoms with E-state index in [4.69, 9.17) is 5.73 Å². The summed E-state index contributed by atoms with van der Waals surface area (Å²) in [5.74, 6) is -4.35. The van der Waals surface area contributed by atoms with Crippen molar-refractivity contribution in [3.05, 3.63) is 29.6 Å². The molecule has 0 aliphatic rings. The average Bonchev–Trinajstić information content (AvgIpc) is 2.20. The molecule has 3 N–H and O–H groups in total. The molecular formula is C8H7F3N2O2S2. The largest absolute Gasteiger partial charge is 0.389 e. The van der Waals surface area contributed by atoms with Gasteiger partial charge in [0.05, 0.1) is 0 Å². The molecule has 9 heteroatoms. The Morgan fingerprint density at radius 1 is 1.41 bits per heavy atom. The number of anilines is 1. The molecule has 0 radical (unpaired) electrons. The van der Waals surface area contributed by atoms with Gasteiger partial charge in [-0.15, -0.1) is 0 Å². The maximum absolute atomic E-state index is 13.1. The number of hydrogen-bond donors (Lipinski definition) is 2. The van der Waals surface area contributed by atoms with Crippen molar-refractivity contribution >= 4 is 32.9 Å². The number of benzene rings is 1. The SMILES string of the molecule is NC(=S)c1cc(NS(=O)(=O)C(F)F)ccc1F. The van der Waals surface area contributed by atoms with E-state index in [2.05, 4.69) is 12.2 Å². The smallest absolute Gasteiger partial charge is 0.355 e. The van der Waals surface area contributed by atoms with E-state index in [0.717, 1.165) is 18.2 Å². The predicted octanol–water partition coefficient (Wildman–Crippen LogP) is 1.42. The lowest BCUT2D eigenvalue weighted by molar-refractivity contribution is 0.236. The zero-order valence-corrected chi connectivity index (χ0v) is 9.79. The van der Waals surface area contributed by atoms with E-state index in [0.29, 0.717) is 0 Å². The average molecular weight is 284 g/mol. The maximum atomic E-state index is 13.1. The summed E-state index contributed by atoms with van der Waals surface area (Å²) in [6.07, 6.45) is 0. The lowest BCUT2D eigenvalue weighted by Gasteiger charge is -2.08. The summed E-state index contributed by atoms with van der Waals surface area (Å²) in [6.45, 7) is 0. The number of sulfonamides is 1. The minimum Gasteiger partial charge on any atom is -0.389 e. The third-order valence-corrected chi connectivity index (χ3v) is 2.94. The molecule has 1 aromatic rings. The van der Waals surface area contributed by atoms with Crippen LogP contribution in [0.2, 0.25) is 0 Å². The number of nitrogens with two attached hydrogens (primary N) is 1. The molecule has 0 unspecified atom stereocenters. The van der Waals surface area contributed by atoms with Crippen LogP contribution in [0.1, 0.15) is 5.56 Å². The molecule has 17 heavy (non-hydrogen) atoms. The quantitative estimate of drug-likeness (QED) is 0.820. The summed E-state index contributed by atoms with van der Waals surface area (Å²) in [5, 5.41) is 0. The summed E-state index contributed by atoms with van der Waals surface area (Å²) in [5.41, 5.74) is 4.70. The van der Waals surface area contributed by atoms with Crippen LogP contribution < -0.4 is 10.5 Å². The van der Waals surface area contributed by atoms with E-state index in [9.17, 15) is 21.6 Å². The van der Waals surface area contributed by atoms with E-state index >= 15 is 0 Å². The fraction of sp³-hybridized carbons (Fsp3) is 0.125. The van der Waals surface area contributed by atoms with Crippen LogP contribution in [0.15, 0.2) is 18.2 Å². The summed E-state index contributed by atoms with van der Waals surface area (Å²) in [6, 6.07) is 2.80. The molecule has 0 heterocycles. The van der Waals surface area contributed by atoms with E-state index in [1.807, 2.05) is 0 Å². The van der Waals surface area contributed by atoms with Gasteiger partial charge in [-0.3, -0.25) is 4.72 Å². The van der Waals surface area contributed by atoms with Gasteiger partial charge >= 0.3 is 5.76 Å². The van der Waals surface area contributed by atoms with Crippen LogP contribution in [0.5, 0.6) is 0 Å². The normalized spacial score (nSPS) is 11.5. The number of thiocarbonyl (C=S) groups is 1. The first-order valence-corrected chi connectivity index (χ1v) is 6.08. The van der Waals surface area contributed by atoms with Gasteiger partial charge in [0.15, 0.2) is 0 Å². The van der Waals surface area contributed by atoms with E-state index in [1.54, 1.807) is 4.72 Å². The molecule has 0 saturated carbocycles. The fourth-order valence-corrected chi connectivity index (χ4v) is 1.69. The molecule has 0 spiro atoms. The zero-order valence-electron chi connectivity index (χ0n) is 8.15. The highest BCUT2D eigenvalue weighted by Crippen LogP contribution is 2.18. The predicted molar refractivity (Wildman–Crippen MR) is 60.8 cm³/mol. The van der Waals surface area contributed by atoms with Crippen molar-refractivity contribution in [3.8, 4) is 0 Å². The van der Waals surface area contributed by atoms with Crippen LogP contribution in [-0.4, -0.2) is 19.2 Å². The van der Waals surface area contributed by atoms with Gasteiger partial charge in [-0.25, -0.2) is 12.8 Å². The van der Waals surface area contributed by atoms with Crippen molar-refractivity contribution in [2.24, 2.45) is 5.73 Å². The lowest BCUT2D eigenvalue weighted by atomic mass is 10.2. The first-order valence-electron chi connectivity index (χ1n) is 4.13. The van der Waals surface area contributed by atoms with Crippen LogP contribution >= 0.6 is 12.2 Å². The second-order valence-corrected chi connectivity index (χ2v) is 5.06. The Bertz CT molecular complexity index is 546. The van der Waals surface area contributed by atoms with Gasteiger partial charge in [-0.05, 0) is 18.2 Å². The van der Waals surface area contributed by atoms with Crippen LogP contribution in [0.3, 0.4) is 0 Å². The molecule has 0 fully saturated rings. The molecule has 0 aliphatic carbocycles. The van der Waals surface area contributed by atoms with Gasteiger partial charge < -0.3 is 5.73 Å². The van der Waals surface area contributed by atoms with Gasteiger partial charge in [0, 0.05) is 11.3 Å². The number of hydrogen-bond acceptors (Lipinski definition) is 3. The number of rotatable bonds is 4. The molecule has 4 nitrogen and oxygen atoms in total. The van der Waals surface area contributed by atoms with E-state index in [1.165, 1.54) is 0 Å². The highest BCUT2D eigenvalue weighted by atomic mass is 32.2. The molecule has 94 valence electrons. The third kappa shape index (κ3) is 3.30. The standard InChI is InChI=1S/C8H7F3N2O2S2/c9-6-2-1-4(3-5(6)7(12)16)13-17(14,15)8(10)11/h1-3,8,13H,(H2,12,16). The third-order valence-electron chi connectivity index (χ3n) is 1.73. The molecule has 0 amide bonds. The van der Waals surface area contributed by atoms with Gasteiger partial charge in [0.2, 0.25) is 0 Å². The van der Waals surface area contributed by atoms with Gasteiger partial charge in [0.1, 0.15) is 10.8 Å². The maximum Gasteiger partial charge on any atom is 0.355 e. The van der Waals surface area contributed by atoms with Gasteiger partial charge in [-0.1, -0.05) is 12.2 Å². The number of alkyl halides is 2. The second-order valence-electron chi connectivity index (χ2n) is 2.97. The Morgan fingerprint density at radius 3 is 2.47 bits per heavy atom. The zero-order chi connectivity index (χ0) is 13.2. The number of halogens is 3. The van der Waals surface area contributed by atoms with E-state index < -0.39 is 21.6 Å². The highest BCUT2D eigenvalue weighted by molar-refractivity contribution is 7.93. The van der Waals surface area contributed by atoms with E-state index in [-0.39, 0.29) is 16.2 Å². The molecular weight excluding hydrogens is 277 g/mol. The van der Waals surface area contributed by atoms with Crippen molar-refractivity contribution in [2.45, 2.75) is 5.76 Å². The second kappa shape index (κ2) is 4.88. The van der Waals surface area contributed by atoms with Crippen LogP contribution in [0.25, 0.3) is 0 Å². The lowest BCUT2D eigenvalue weighted by Crippen LogP contribution is -2.21. The Balaban J connectivity index is 3.10. The molecule has 0 aromatic heterocycles. The minimum absolute atomic E-state index is 0.227. The highest BCUT2D eigenvalue weighted by Gasteiger charge is 2.24. The Kier molecular flexibility index (Phi) is 3.94. The van der Waals surface area contributed by atoms with Crippen LogP contribution in [0, 0.1) is 5.82 Å². The molecule has 0 bridgehead atoms. The summed E-state index contributed by atoms with van der Waals surface area (Å²) >= 11 is 4.51. The van der Waals surface area contributed by atoms with Gasteiger partial charge in [-0.2, -0.15) is 8.78 Å². The summed E-state index contributed by atoms with van der Waals surface area (Å²) in [7, 11) is -4.80. The molecule has 0 aliphatic heterocycles. The molecule has 1 aromatic carbocycles. The van der Waals surface area contributed by atoms with Crippen molar-refractivity contribution in [1.29, 1.82) is 0 Å². The van der Waals surface area contributed by atoms with Gasteiger partial charge in [0.25, 0.3) is 10.0 Å². The van der Waals surface area contributed by atoms with Crippen molar-refractivity contribution < 1.29 is 21.6 Å².